The molecular weight excluding hydrogens is 437 g/mol. The Bertz CT molecular complexity index is 1100. The predicted octanol–water partition coefficient (Wildman–Crippen LogP) is 3.96. The van der Waals surface area contributed by atoms with Gasteiger partial charge in [-0.05, 0) is 37.7 Å². The number of H-pyrrole nitrogens is 1. The number of hydrogen-bond donors (Lipinski definition) is 2. The number of nitrogens with one attached hydrogen (secondary N) is 2. The molecule has 0 amide bonds. The van der Waals surface area contributed by atoms with E-state index < -0.39 is 12.2 Å². The van der Waals surface area contributed by atoms with E-state index in [0.29, 0.717) is 50.0 Å². The fourth-order valence-electron chi connectivity index (χ4n) is 4.00. The summed E-state index contributed by atoms with van der Waals surface area (Å²) in [6.45, 7) is 4.14. The highest BCUT2D eigenvalue weighted by molar-refractivity contribution is 5.82. The lowest BCUT2D eigenvalue weighted by Crippen LogP contribution is -2.49. The summed E-state index contributed by atoms with van der Waals surface area (Å²) < 4.78 is 53.2. The second-order valence-electron chi connectivity index (χ2n) is 7.89. The molecule has 1 aliphatic rings. The molecule has 0 aliphatic carbocycles. The summed E-state index contributed by atoms with van der Waals surface area (Å²) in [6.07, 6.45) is -2.68. The second-order valence-corrected chi connectivity index (χ2v) is 7.89. The zero-order valence-corrected chi connectivity index (χ0v) is 18.7. The predicted molar refractivity (Wildman–Crippen MR) is 119 cm³/mol. The van der Waals surface area contributed by atoms with E-state index in [9.17, 15) is 13.2 Å². The van der Waals surface area contributed by atoms with Gasteiger partial charge in [0.15, 0.2) is 0 Å². The van der Waals surface area contributed by atoms with Gasteiger partial charge in [-0.25, -0.2) is 0 Å². The maximum Gasteiger partial charge on any atom is 0.408 e. The number of piperazine rings is 1. The van der Waals surface area contributed by atoms with Gasteiger partial charge in [-0.3, -0.25) is 4.90 Å². The van der Waals surface area contributed by atoms with Crippen LogP contribution in [-0.2, 0) is 0 Å². The fraction of sp³-hybridized carbons (Fsp3) is 0.455. The Morgan fingerprint density at radius 1 is 1.15 bits per heavy atom. The van der Waals surface area contributed by atoms with Gasteiger partial charge in [0.25, 0.3) is 0 Å². The van der Waals surface area contributed by atoms with Crippen LogP contribution in [0.4, 0.5) is 24.8 Å². The average Bonchev–Trinajstić information content (AvgIpc) is 3.24. The molecule has 0 saturated carbocycles. The Morgan fingerprint density at radius 3 is 2.58 bits per heavy atom. The summed E-state index contributed by atoms with van der Waals surface area (Å²) >= 11 is 0. The molecule has 1 fully saturated rings. The summed E-state index contributed by atoms with van der Waals surface area (Å²) in [6, 6.07) is 4.57. The van der Waals surface area contributed by atoms with Gasteiger partial charge < -0.3 is 24.7 Å². The zero-order chi connectivity index (χ0) is 23.6. The fourth-order valence-corrected chi connectivity index (χ4v) is 4.00. The van der Waals surface area contributed by atoms with Crippen LogP contribution < -0.4 is 14.8 Å². The topological polar surface area (TPSA) is 78.5 Å². The minimum Gasteiger partial charge on any atom is -0.495 e. The van der Waals surface area contributed by atoms with Gasteiger partial charge in [0, 0.05) is 32.4 Å². The summed E-state index contributed by atoms with van der Waals surface area (Å²) in [5, 5.41) is 3.79. The lowest BCUT2D eigenvalue weighted by Gasteiger charge is -2.39. The molecule has 0 radical (unpaired) electrons. The maximum absolute atomic E-state index is 14.1. The largest absolute Gasteiger partial charge is 0.495 e. The van der Waals surface area contributed by atoms with Crippen LogP contribution in [0.15, 0.2) is 30.5 Å². The highest BCUT2D eigenvalue weighted by atomic mass is 19.4. The molecule has 1 unspecified atom stereocenters. The number of aromatic nitrogens is 3. The number of aromatic amines is 1. The van der Waals surface area contributed by atoms with E-state index >= 15 is 0 Å². The summed E-state index contributed by atoms with van der Waals surface area (Å²) in [5.41, 5.74) is 1.16. The molecular formula is C22H27F3N6O2. The van der Waals surface area contributed by atoms with Crippen molar-refractivity contribution in [1.82, 2.24) is 24.8 Å². The first-order valence-electron chi connectivity index (χ1n) is 10.7. The number of methoxy groups -OCH3 is 1. The third-order valence-electron chi connectivity index (χ3n) is 5.66. The summed E-state index contributed by atoms with van der Waals surface area (Å²) in [4.78, 5) is 15.3. The van der Waals surface area contributed by atoms with Crippen LogP contribution in [0.25, 0.3) is 11.0 Å². The maximum atomic E-state index is 14.1. The normalized spacial score (nSPS) is 16.7. The molecule has 0 bridgehead atoms. The molecule has 1 aliphatic heterocycles. The highest BCUT2D eigenvalue weighted by Crippen LogP contribution is 2.41. The second kappa shape index (κ2) is 9.44. The molecule has 3 heterocycles. The highest BCUT2D eigenvalue weighted by Gasteiger charge is 2.45. The smallest absolute Gasteiger partial charge is 0.408 e. The van der Waals surface area contributed by atoms with Gasteiger partial charge in [-0.15, -0.1) is 0 Å². The lowest BCUT2D eigenvalue weighted by atomic mass is 10.0. The molecule has 2 aromatic heterocycles. The first-order chi connectivity index (χ1) is 15.8. The van der Waals surface area contributed by atoms with E-state index in [-0.39, 0.29) is 17.3 Å². The monoisotopic (exact) mass is 464 g/mol. The van der Waals surface area contributed by atoms with Crippen LogP contribution in [0.5, 0.6) is 11.6 Å². The number of fused-ring (bicyclic) bond motifs is 1. The molecule has 0 spiro atoms. The average molecular weight is 464 g/mol. The van der Waals surface area contributed by atoms with Crippen molar-refractivity contribution in [3.8, 4) is 11.6 Å². The molecule has 3 aromatic rings. The van der Waals surface area contributed by atoms with Gasteiger partial charge in [0.05, 0.1) is 24.8 Å². The minimum absolute atomic E-state index is 0.130. The molecule has 1 saturated heterocycles. The zero-order valence-electron chi connectivity index (χ0n) is 18.7. The standard InChI is InChI=1S/C22H27F3N6O2/c1-4-33-20-15-7-8-26-19(15)28-21(29-20)27-16-6-5-14(13-17(16)32-3)18(22(23,24)25)31-11-9-30(2)10-12-31/h5-8,13,18H,4,9-12H2,1-3H3,(H2,26,27,28,29). The van der Waals surface area contributed by atoms with Gasteiger partial charge in [-0.1, -0.05) is 6.07 Å². The van der Waals surface area contributed by atoms with Crippen molar-refractivity contribution in [1.29, 1.82) is 0 Å². The van der Waals surface area contributed by atoms with Crippen LogP contribution in [0, 0.1) is 0 Å². The van der Waals surface area contributed by atoms with Crippen molar-refractivity contribution in [2.45, 2.75) is 19.1 Å². The van der Waals surface area contributed by atoms with Gasteiger partial charge >= 0.3 is 6.18 Å². The number of anilines is 2. The number of ether oxygens (including phenoxy) is 2. The Labute approximate surface area is 189 Å². The van der Waals surface area contributed by atoms with Gasteiger partial charge in [0.2, 0.25) is 11.8 Å². The van der Waals surface area contributed by atoms with E-state index in [1.807, 2.05) is 24.9 Å². The van der Waals surface area contributed by atoms with E-state index in [1.165, 1.54) is 24.1 Å². The minimum atomic E-state index is -4.41. The van der Waals surface area contributed by atoms with E-state index in [1.54, 1.807) is 12.3 Å². The Hall–Kier alpha value is -3.05. The van der Waals surface area contributed by atoms with Crippen molar-refractivity contribution >= 4 is 22.7 Å². The van der Waals surface area contributed by atoms with Gasteiger partial charge in [-0.2, -0.15) is 23.1 Å². The summed E-state index contributed by atoms with van der Waals surface area (Å²) in [7, 11) is 3.33. The summed E-state index contributed by atoms with van der Waals surface area (Å²) in [5.74, 6) is 0.920. The van der Waals surface area contributed by atoms with E-state index in [0.717, 1.165) is 5.39 Å². The first kappa shape index (κ1) is 23.1. The van der Waals surface area contributed by atoms with E-state index in [4.69, 9.17) is 9.47 Å². The molecule has 2 N–H and O–H groups in total. The van der Waals surface area contributed by atoms with E-state index in [2.05, 4.69) is 20.3 Å². The van der Waals surface area contributed by atoms with Crippen molar-refractivity contribution in [2.24, 2.45) is 0 Å². The van der Waals surface area contributed by atoms with Gasteiger partial charge in [0.1, 0.15) is 17.4 Å². The van der Waals surface area contributed by atoms with Crippen LogP contribution in [0.1, 0.15) is 18.5 Å². The number of hydrogen-bond acceptors (Lipinski definition) is 7. The van der Waals surface area contributed by atoms with Crippen molar-refractivity contribution < 1.29 is 22.6 Å². The lowest BCUT2D eigenvalue weighted by molar-refractivity contribution is -0.190. The molecule has 8 nitrogen and oxygen atoms in total. The Balaban J connectivity index is 1.64. The third-order valence-corrected chi connectivity index (χ3v) is 5.66. The molecule has 11 heteroatoms. The van der Waals surface area contributed by atoms with Crippen LogP contribution in [0.2, 0.25) is 0 Å². The van der Waals surface area contributed by atoms with Crippen molar-refractivity contribution in [3.63, 3.8) is 0 Å². The molecule has 178 valence electrons. The van der Waals surface area contributed by atoms with Crippen LogP contribution in [0.3, 0.4) is 0 Å². The quantitative estimate of drug-likeness (QED) is 0.548. The van der Waals surface area contributed by atoms with Crippen molar-refractivity contribution in [3.05, 3.63) is 36.0 Å². The molecule has 33 heavy (non-hydrogen) atoms. The SMILES string of the molecule is CCOc1nc(Nc2ccc(C(N3CCN(C)CC3)C(F)(F)F)cc2OC)nc2[nH]ccc12. The number of alkyl halides is 3. The van der Waals surface area contributed by atoms with Crippen molar-refractivity contribution in [2.75, 3.05) is 52.3 Å². The third kappa shape index (κ3) is 4.98. The molecule has 1 atom stereocenters. The van der Waals surface area contributed by atoms with Crippen LogP contribution >= 0.6 is 0 Å². The molecule has 4 rings (SSSR count). The molecule has 1 aromatic carbocycles. The number of halogens is 3. The number of rotatable bonds is 7. The van der Waals surface area contributed by atoms with Crippen LogP contribution in [-0.4, -0.2) is 77.9 Å². The number of benzene rings is 1. The Morgan fingerprint density at radius 2 is 1.91 bits per heavy atom. The first-order valence-corrected chi connectivity index (χ1v) is 10.7. The Kier molecular flexibility index (Phi) is 6.61. The number of likely N-dealkylation sites (N-methyl/N-ethyl adjacent to an activating group) is 1. The number of nitrogens with zero attached hydrogens (tertiary/aromatic N) is 4.